The number of carboxylic acids is 1. The number of amides is 1. The number of benzene rings is 1. The maximum atomic E-state index is 12.5. The Bertz CT molecular complexity index is 842. The molecule has 170 valence electrons. The molecule has 0 saturated carbocycles. The Morgan fingerprint density at radius 2 is 1.97 bits per heavy atom. The fourth-order valence-electron chi connectivity index (χ4n) is 3.07. The van der Waals surface area contributed by atoms with Crippen LogP contribution in [0.5, 0.6) is 0 Å². The third-order valence-electron chi connectivity index (χ3n) is 4.61. The number of imidazole rings is 1. The van der Waals surface area contributed by atoms with Gasteiger partial charge in [-0.2, -0.15) is 13.2 Å². The van der Waals surface area contributed by atoms with Crippen molar-refractivity contribution >= 4 is 11.9 Å². The van der Waals surface area contributed by atoms with Crippen LogP contribution in [0.4, 0.5) is 13.2 Å². The molecule has 0 aliphatic carbocycles. The third kappa shape index (κ3) is 7.68. The first-order valence-corrected chi connectivity index (χ1v) is 9.56. The Hall–Kier alpha value is -2.92. The smallest absolute Gasteiger partial charge is 0.475 e. The number of halogens is 3. The number of hydrogen-bond donors (Lipinski definition) is 2. The molecule has 1 aromatic carbocycles. The van der Waals surface area contributed by atoms with E-state index in [1.807, 2.05) is 16.8 Å². The largest absolute Gasteiger partial charge is 0.490 e. The van der Waals surface area contributed by atoms with Crippen LogP contribution in [0.3, 0.4) is 0 Å². The summed E-state index contributed by atoms with van der Waals surface area (Å²) >= 11 is 0. The number of methoxy groups -OCH3 is 1. The molecule has 2 aromatic rings. The maximum absolute atomic E-state index is 12.5. The van der Waals surface area contributed by atoms with Gasteiger partial charge in [0.05, 0.1) is 18.6 Å². The quantitative estimate of drug-likeness (QED) is 0.636. The summed E-state index contributed by atoms with van der Waals surface area (Å²) in [6.45, 7) is 3.51. The van der Waals surface area contributed by atoms with E-state index in [0.29, 0.717) is 19.7 Å². The fourth-order valence-corrected chi connectivity index (χ4v) is 3.07. The van der Waals surface area contributed by atoms with Crippen LogP contribution in [-0.4, -0.2) is 71.0 Å². The minimum absolute atomic E-state index is 0.0238. The van der Waals surface area contributed by atoms with Crippen LogP contribution >= 0.6 is 0 Å². The molecule has 0 bridgehead atoms. The van der Waals surface area contributed by atoms with Crippen molar-refractivity contribution < 1.29 is 32.6 Å². The predicted octanol–water partition coefficient (Wildman–Crippen LogP) is 1.88. The maximum Gasteiger partial charge on any atom is 0.490 e. The van der Waals surface area contributed by atoms with E-state index in [1.54, 1.807) is 13.4 Å². The average Bonchev–Trinajstić information content (AvgIpc) is 3.21. The van der Waals surface area contributed by atoms with Crippen molar-refractivity contribution in [1.29, 1.82) is 0 Å². The summed E-state index contributed by atoms with van der Waals surface area (Å²) in [5, 5.41) is 10.1. The van der Waals surface area contributed by atoms with Gasteiger partial charge in [0.25, 0.3) is 0 Å². The van der Waals surface area contributed by atoms with Crippen molar-refractivity contribution in [2.24, 2.45) is 0 Å². The number of ether oxygens (including phenoxy) is 1. The molecule has 1 aliphatic heterocycles. The number of fused-ring (bicyclic) bond motifs is 1. The predicted molar refractivity (Wildman–Crippen MR) is 105 cm³/mol. The van der Waals surface area contributed by atoms with E-state index in [2.05, 4.69) is 39.5 Å². The summed E-state index contributed by atoms with van der Waals surface area (Å²) in [5.74, 6) is -2.73. The van der Waals surface area contributed by atoms with Crippen molar-refractivity contribution in [3.05, 3.63) is 54.1 Å². The molecule has 8 nitrogen and oxygen atoms in total. The first kappa shape index (κ1) is 24.4. The summed E-state index contributed by atoms with van der Waals surface area (Å²) in [5.41, 5.74) is 2.40. The van der Waals surface area contributed by atoms with Gasteiger partial charge in [-0.15, -0.1) is 0 Å². The number of rotatable bonds is 7. The Balaban J connectivity index is 0.000000423. The second-order valence-corrected chi connectivity index (χ2v) is 6.87. The summed E-state index contributed by atoms with van der Waals surface area (Å²) in [6, 6.07) is 10.2. The number of nitrogens with one attached hydrogen (secondary N) is 1. The number of hydrogen-bond acceptors (Lipinski definition) is 5. The van der Waals surface area contributed by atoms with E-state index >= 15 is 0 Å². The number of alkyl halides is 3. The molecule has 2 N–H and O–H groups in total. The highest BCUT2D eigenvalue weighted by Gasteiger charge is 2.38. The Morgan fingerprint density at radius 3 is 2.58 bits per heavy atom. The molecule has 1 unspecified atom stereocenters. The van der Waals surface area contributed by atoms with E-state index in [-0.39, 0.29) is 11.9 Å². The van der Waals surface area contributed by atoms with Crippen LogP contribution in [-0.2, 0) is 27.3 Å². The SMILES string of the molecule is COCCNC(=O)C1CN(CCc2ccccc2)Cc2cncn21.O=C(O)C(F)(F)F. The van der Waals surface area contributed by atoms with Gasteiger partial charge < -0.3 is 19.7 Å². The molecule has 1 atom stereocenters. The van der Waals surface area contributed by atoms with E-state index in [1.165, 1.54) is 5.56 Å². The highest BCUT2D eigenvalue weighted by molar-refractivity contribution is 5.80. The lowest BCUT2D eigenvalue weighted by Gasteiger charge is -2.33. The summed E-state index contributed by atoms with van der Waals surface area (Å²) < 4.78 is 38.7. The minimum atomic E-state index is -5.08. The zero-order chi connectivity index (χ0) is 22.9. The van der Waals surface area contributed by atoms with Crippen LogP contribution in [0.15, 0.2) is 42.9 Å². The van der Waals surface area contributed by atoms with Crippen molar-refractivity contribution in [2.75, 3.05) is 33.4 Å². The van der Waals surface area contributed by atoms with Crippen LogP contribution in [0.1, 0.15) is 17.3 Å². The third-order valence-corrected chi connectivity index (χ3v) is 4.61. The molecular formula is C20H25F3N4O4. The van der Waals surface area contributed by atoms with Crippen LogP contribution < -0.4 is 5.32 Å². The molecule has 0 spiro atoms. The van der Waals surface area contributed by atoms with Crippen molar-refractivity contribution in [3.63, 3.8) is 0 Å². The monoisotopic (exact) mass is 442 g/mol. The first-order valence-electron chi connectivity index (χ1n) is 9.56. The molecule has 3 rings (SSSR count). The highest BCUT2D eigenvalue weighted by Crippen LogP contribution is 2.21. The molecular weight excluding hydrogens is 417 g/mol. The molecule has 0 saturated heterocycles. The van der Waals surface area contributed by atoms with Gasteiger partial charge >= 0.3 is 12.1 Å². The molecule has 1 aliphatic rings. The summed E-state index contributed by atoms with van der Waals surface area (Å²) in [6.07, 6.45) is -0.498. The molecule has 31 heavy (non-hydrogen) atoms. The van der Waals surface area contributed by atoms with Crippen molar-refractivity contribution in [1.82, 2.24) is 19.8 Å². The topological polar surface area (TPSA) is 96.7 Å². The summed E-state index contributed by atoms with van der Waals surface area (Å²) in [4.78, 5) is 27.9. The lowest BCUT2D eigenvalue weighted by Crippen LogP contribution is -2.45. The molecule has 1 amide bonds. The van der Waals surface area contributed by atoms with E-state index in [9.17, 15) is 18.0 Å². The number of aliphatic carboxylic acids is 1. The van der Waals surface area contributed by atoms with Crippen LogP contribution in [0.2, 0.25) is 0 Å². The lowest BCUT2D eigenvalue weighted by atomic mass is 10.1. The fraction of sp³-hybridized carbons (Fsp3) is 0.450. The molecule has 11 heteroatoms. The van der Waals surface area contributed by atoms with Gasteiger partial charge in [-0.1, -0.05) is 30.3 Å². The Labute approximate surface area is 177 Å². The Kier molecular flexibility index (Phi) is 9.01. The minimum Gasteiger partial charge on any atom is -0.475 e. The molecule has 0 radical (unpaired) electrons. The number of nitrogens with zero attached hydrogens (tertiary/aromatic N) is 3. The second-order valence-electron chi connectivity index (χ2n) is 6.87. The van der Waals surface area contributed by atoms with Crippen molar-refractivity contribution in [3.8, 4) is 0 Å². The first-order chi connectivity index (χ1) is 14.7. The van der Waals surface area contributed by atoms with Gasteiger partial charge in [0.15, 0.2) is 0 Å². The van der Waals surface area contributed by atoms with Crippen LogP contribution in [0.25, 0.3) is 0 Å². The van der Waals surface area contributed by atoms with E-state index in [0.717, 1.165) is 25.2 Å². The number of aromatic nitrogens is 2. The lowest BCUT2D eigenvalue weighted by molar-refractivity contribution is -0.192. The van der Waals surface area contributed by atoms with Gasteiger partial charge in [-0.25, -0.2) is 9.78 Å². The van der Waals surface area contributed by atoms with Gasteiger partial charge in [-0.3, -0.25) is 9.69 Å². The van der Waals surface area contributed by atoms with E-state index in [4.69, 9.17) is 14.6 Å². The van der Waals surface area contributed by atoms with Crippen LogP contribution in [0, 0.1) is 0 Å². The second kappa shape index (κ2) is 11.5. The number of carbonyl (C=O) groups is 2. The van der Waals surface area contributed by atoms with Crippen molar-refractivity contribution in [2.45, 2.75) is 25.2 Å². The van der Waals surface area contributed by atoms with Gasteiger partial charge in [0.2, 0.25) is 5.91 Å². The normalized spacial score (nSPS) is 16.1. The highest BCUT2D eigenvalue weighted by atomic mass is 19.4. The standard InChI is InChI=1S/C18H24N4O2.C2HF3O2/c1-24-10-8-20-18(23)17-13-21(12-16-11-19-14-22(16)17)9-7-15-5-3-2-4-6-15;3-2(4,5)1(6)7/h2-6,11,14,17H,7-10,12-13H2,1H3,(H,20,23);(H,6,7). The number of carbonyl (C=O) groups excluding carboxylic acids is 1. The van der Waals surface area contributed by atoms with Gasteiger partial charge in [-0.05, 0) is 12.0 Å². The van der Waals surface area contributed by atoms with E-state index < -0.39 is 12.1 Å². The molecule has 0 fully saturated rings. The Morgan fingerprint density at radius 1 is 1.29 bits per heavy atom. The van der Waals surface area contributed by atoms with Gasteiger partial charge in [0.1, 0.15) is 6.04 Å². The van der Waals surface area contributed by atoms with Gasteiger partial charge in [0, 0.05) is 39.5 Å². The molecule has 1 aromatic heterocycles. The number of carboxylic acid groups (broad SMARTS) is 1. The molecule has 2 heterocycles. The average molecular weight is 442 g/mol. The zero-order valence-corrected chi connectivity index (χ0v) is 17.0. The summed E-state index contributed by atoms with van der Waals surface area (Å²) in [7, 11) is 1.63. The zero-order valence-electron chi connectivity index (χ0n) is 17.0.